The molecule has 0 bridgehead atoms. The van der Waals surface area contributed by atoms with Crippen molar-refractivity contribution in [3.63, 3.8) is 0 Å². The van der Waals surface area contributed by atoms with Crippen LogP contribution in [-0.4, -0.2) is 24.2 Å². The fourth-order valence-corrected chi connectivity index (χ4v) is 2.70. The van der Waals surface area contributed by atoms with Gasteiger partial charge in [-0.15, -0.1) is 0 Å². The van der Waals surface area contributed by atoms with Crippen LogP contribution in [0, 0.1) is 0 Å². The first kappa shape index (κ1) is 19.1. The molecule has 0 unspecified atom stereocenters. The highest BCUT2D eigenvalue weighted by atomic mass is 16.7. The van der Waals surface area contributed by atoms with Crippen LogP contribution in [0.4, 0.5) is 10.5 Å². The number of carbonyl (C=O) groups is 2. The molecule has 0 fully saturated rings. The lowest BCUT2D eigenvalue weighted by Gasteiger charge is -2.07. The summed E-state index contributed by atoms with van der Waals surface area (Å²) >= 11 is 0. The van der Waals surface area contributed by atoms with Crippen LogP contribution in [0.15, 0.2) is 71.9 Å². The second-order valence-electron chi connectivity index (χ2n) is 5.99. The van der Waals surface area contributed by atoms with E-state index in [-0.39, 0.29) is 11.5 Å². The van der Waals surface area contributed by atoms with Gasteiger partial charge in [-0.25, -0.2) is 4.79 Å². The summed E-state index contributed by atoms with van der Waals surface area (Å²) in [6.45, 7) is 3.92. The van der Waals surface area contributed by atoms with Crippen LogP contribution in [0.3, 0.4) is 0 Å². The molecule has 0 aromatic heterocycles. The third-order valence-electron chi connectivity index (χ3n) is 4.05. The summed E-state index contributed by atoms with van der Waals surface area (Å²) in [6, 6.07) is 19.9. The maximum Gasteiger partial charge on any atom is 0.437 e. The number of rotatable bonds is 6. The van der Waals surface area contributed by atoms with Crippen LogP contribution in [0.1, 0.15) is 24.2 Å². The van der Waals surface area contributed by atoms with Gasteiger partial charge in [-0.1, -0.05) is 41.6 Å². The fraction of sp³-hybridized carbons (Fsp3) is 0.136. The summed E-state index contributed by atoms with van der Waals surface area (Å²) in [4.78, 5) is 29.3. The van der Waals surface area contributed by atoms with E-state index in [1.165, 1.54) is 6.92 Å². The zero-order valence-corrected chi connectivity index (χ0v) is 15.6. The molecule has 142 valence electrons. The number of hydrogen-bond acceptors (Lipinski definition) is 5. The standard InChI is InChI=1S/C22H20N2O4/c1-3-27-18-13-11-17(12-14-18)21(25)15(2)24-28-22(26)23-20-10-6-8-16-7-4-5-9-19(16)20/h4-14H,3H2,1-2H3,(H,23,26)/b24-15-. The zero-order chi connectivity index (χ0) is 19.9. The largest absolute Gasteiger partial charge is 0.494 e. The number of Topliss-reactive ketones (excluding diaryl/α,β-unsaturated/α-hetero) is 1. The molecule has 28 heavy (non-hydrogen) atoms. The molecular formula is C22H20N2O4. The second kappa shape index (κ2) is 8.81. The van der Waals surface area contributed by atoms with E-state index in [1.54, 1.807) is 30.3 Å². The number of benzene rings is 3. The Bertz CT molecular complexity index is 1020. The lowest BCUT2D eigenvalue weighted by molar-refractivity contribution is 0.105. The molecule has 0 heterocycles. The van der Waals surface area contributed by atoms with Gasteiger partial charge in [-0.2, -0.15) is 0 Å². The molecule has 1 N–H and O–H groups in total. The van der Waals surface area contributed by atoms with Crippen molar-refractivity contribution in [3.05, 3.63) is 72.3 Å². The van der Waals surface area contributed by atoms with Gasteiger partial charge in [0.25, 0.3) is 0 Å². The quantitative estimate of drug-likeness (QED) is 0.283. The van der Waals surface area contributed by atoms with Crippen molar-refractivity contribution in [2.75, 3.05) is 11.9 Å². The molecule has 6 heteroatoms. The average Bonchev–Trinajstić information content (AvgIpc) is 2.72. The summed E-state index contributed by atoms with van der Waals surface area (Å²) in [6.07, 6.45) is -0.768. The maximum atomic E-state index is 12.4. The van der Waals surface area contributed by atoms with Crippen LogP contribution in [0.5, 0.6) is 5.75 Å². The Morgan fingerprint density at radius 3 is 2.43 bits per heavy atom. The number of fused-ring (bicyclic) bond motifs is 1. The minimum atomic E-state index is -0.768. The molecule has 0 aliphatic carbocycles. The Hall–Kier alpha value is -3.67. The van der Waals surface area contributed by atoms with E-state index in [0.29, 0.717) is 23.6 Å². The average molecular weight is 376 g/mol. The minimum Gasteiger partial charge on any atom is -0.494 e. The number of nitrogens with zero attached hydrogens (tertiary/aromatic N) is 1. The SMILES string of the molecule is CCOc1ccc(C(=O)/C(C)=N\OC(=O)Nc2cccc3ccccc23)cc1. The molecule has 0 spiro atoms. The van der Waals surface area contributed by atoms with Crippen molar-refractivity contribution >= 4 is 34.0 Å². The third kappa shape index (κ3) is 4.54. The Morgan fingerprint density at radius 2 is 1.68 bits per heavy atom. The molecule has 3 rings (SSSR count). The molecule has 0 radical (unpaired) electrons. The summed E-state index contributed by atoms with van der Waals surface area (Å²) in [5, 5.41) is 8.18. The van der Waals surface area contributed by atoms with Gasteiger partial charge in [0.05, 0.1) is 12.3 Å². The second-order valence-corrected chi connectivity index (χ2v) is 5.99. The van der Waals surface area contributed by atoms with Crippen molar-refractivity contribution < 1.29 is 19.2 Å². The minimum absolute atomic E-state index is 0.0669. The van der Waals surface area contributed by atoms with E-state index >= 15 is 0 Å². The Kier molecular flexibility index (Phi) is 6.01. The number of anilines is 1. The highest BCUT2D eigenvalue weighted by Crippen LogP contribution is 2.23. The topological polar surface area (TPSA) is 77.0 Å². The molecule has 0 saturated heterocycles. The Morgan fingerprint density at radius 1 is 0.964 bits per heavy atom. The number of hydrogen-bond donors (Lipinski definition) is 1. The zero-order valence-electron chi connectivity index (χ0n) is 15.6. The maximum absolute atomic E-state index is 12.4. The smallest absolute Gasteiger partial charge is 0.437 e. The normalized spacial score (nSPS) is 11.1. The van der Waals surface area contributed by atoms with Crippen LogP contribution >= 0.6 is 0 Å². The third-order valence-corrected chi connectivity index (χ3v) is 4.05. The predicted octanol–water partition coefficient (Wildman–Crippen LogP) is 5.05. The summed E-state index contributed by atoms with van der Waals surface area (Å²) < 4.78 is 5.35. The number of carbonyl (C=O) groups excluding carboxylic acids is 2. The van der Waals surface area contributed by atoms with Gasteiger partial charge in [0.1, 0.15) is 11.5 Å². The van der Waals surface area contributed by atoms with Crippen molar-refractivity contribution in [1.82, 2.24) is 0 Å². The van der Waals surface area contributed by atoms with Gasteiger partial charge >= 0.3 is 6.09 Å². The van der Waals surface area contributed by atoms with Crippen molar-refractivity contribution in [2.45, 2.75) is 13.8 Å². The van der Waals surface area contributed by atoms with Gasteiger partial charge in [-0.3, -0.25) is 14.9 Å². The van der Waals surface area contributed by atoms with Crippen LogP contribution in [-0.2, 0) is 4.84 Å². The van der Waals surface area contributed by atoms with E-state index < -0.39 is 6.09 Å². The van der Waals surface area contributed by atoms with Gasteiger partial charge in [-0.05, 0) is 49.6 Å². The molecule has 0 aliphatic rings. The lowest BCUT2D eigenvalue weighted by Crippen LogP contribution is -2.15. The highest BCUT2D eigenvalue weighted by molar-refractivity contribution is 6.45. The van der Waals surface area contributed by atoms with Crippen molar-refractivity contribution in [3.8, 4) is 5.75 Å². The Labute approximate surface area is 162 Å². The first-order valence-corrected chi connectivity index (χ1v) is 8.86. The van der Waals surface area contributed by atoms with Crippen LogP contribution in [0.2, 0.25) is 0 Å². The molecule has 1 amide bonds. The predicted molar refractivity (Wildman–Crippen MR) is 109 cm³/mol. The molecule has 3 aromatic carbocycles. The number of nitrogens with one attached hydrogen (secondary N) is 1. The molecule has 6 nitrogen and oxygen atoms in total. The fourth-order valence-electron chi connectivity index (χ4n) is 2.70. The molecule has 3 aromatic rings. The molecule has 0 aliphatic heterocycles. The lowest BCUT2D eigenvalue weighted by atomic mass is 10.1. The highest BCUT2D eigenvalue weighted by Gasteiger charge is 2.12. The van der Waals surface area contributed by atoms with Crippen molar-refractivity contribution in [1.29, 1.82) is 0 Å². The molecule has 0 atom stereocenters. The monoisotopic (exact) mass is 376 g/mol. The number of ether oxygens (including phenoxy) is 1. The van der Waals surface area contributed by atoms with Crippen LogP contribution < -0.4 is 10.1 Å². The number of amides is 1. The van der Waals surface area contributed by atoms with Crippen LogP contribution in [0.25, 0.3) is 10.8 Å². The first-order valence-electron chi connectivity index (χ1n) is 8.86. The summed E-state index contributed by atoms with van der Waals surface area (Å²) in [7, 11) is 0. The van der Waals surface area contributed by atoms with E-state index in [2.05, 4.69) is 10.5 Å². The van der Waals surface area contributed by atoms with Crippen molar-refractivity contribution in [2.24, 2.45) is 5.16 Å². The first-order chi connectivity index (χ1) is 13.6. The van der Waals surface area contributed by atoms with Gasteiger partial charge in [0.2, 0.25) is 5.78 Å². The number of oxime groups is 1. The molecule has 0 saturated carbocycles. The van der Waals surface area contributed by atoms with Gasteiger partial charge in [0, 0.05) is 10.9 Å². The van der Waals surface area contributed by atoms with Gasteiger partial charge < -0.3 is 4.74 Å². The molecular weight excluding hydrogens is 356 g/mol. The van der Waals surface area contributed by atoms with E-state index in [9.17, 15) is 9.59 Å². The Balaban J connectivity index is 1.65. The van der Waals surface area contributed by atoms with Gasteiger partial charge in [0.15, 0.2) is 0 Å². The number of ketones is 1. The summed E-state index contributed by atoms with van der Waals surface area (Å²) in [5.41, 5.74) is 1.11. The van der Waals surface area contributed by atoms with E-state index in [0.717, 1.165) is 10.8 Å². The summed E-state index contributed by atoms with van der Waals surface area (Å²) in [5.74, 6) is 0.348. The van der Waals surface area contributed by atoms with E-state index in [4.69, 9.17) is 9.57 Å². The van der Waals surface area contributed by atoms with E-state index in [1.807, 2.05) is 43.3 Å².